The van der Waals surface area contributed by atoms with Gasteiger partial charge in [-0.3, -0.25) is 0 Å². The van der Waals surface area contributed by atoms with Crippen molar-refractivity contribution in [2.45, 2.75) is 18.9 Å². The van der Waals surface area contributed by atoms with E-state index in [1.807, 2.05) is 24.3 Å². The number of halogens is 1. The molecular formula is C12H16BrNO. The van der Waals surface area contributed by atoms with Gasteiger partial charge in [0.25, 0.3) is 0 Å². The summed E-state index contributed by atoms with van der Waals surface area (Å²) in [6, 6.07) is 7.91. The molecule has 1 fully saturated rings. The van der Waals surface area contributed by atoms with Gasteiger partial charge in [0.15, 0.2) is 0 Å². The average molecular weight is 270 g/mol. The summed E-state index contributed by atoms with van der Waals surface area (Å²) in [5.74, 6) is 0. The van der Waals surface area contributed by atoms with E-state index >= 15 is 0 Å². The van der Waals surface area contributed by atoms with Crippen molar-refractivity contribution in [2.24, 2.45) is 0 Å². The molecule has 1 saturated heterocycles. The van der Waals surface area contributed by atoms with Gasteiger partial charge in [-0.05, 0) is 43.6 Å². The Kier molecular flexibility index (Phi) is 3.78. The zero-order chi connectivity index (χ0) is 10.7. The third-order valence-corrected chi connectivity index (χ3v) is 3.36. The monoisotopic (exact) mass is 269 g/mol. The molecule has 1 aromatic rings. The molecule has 1 aromatic carbocycles. The molecule has 0 bridgehead atoms. The Hall–Kier alpha value is -0.380. The fourth-order valence-corrected chi connectivity index (χ4v) is 2.45. The highest BCUT2D eigenvalue weighted by Gasteiger charge is 2.16. The van der Waals surface area contributed by atoms with E-state index in [-0.39, 0.29) is 6.10 Å². The van der Waals surface area contributed by atoms with Crippen LogP contribution in [0.5, 0.6) is 0 Å². The topological polar surface area (TPSA) is 23.5 Å². The van der Waals surface area contributed by atoms with Gasteiger partial charge in [-0.25, -0.2) is 0 Å². The van der Waals surface area contributed by atoms with E-state index < -0.39 is 0 Å². The molecule has 1 atom stereocenters. The fraction of sp³-hybridized carbons (Fsp3) is 0.500. The number of rotatable bonds is 3. The predicted octanol–water partition coefficient (Wildman–Crippen LogP) is 2.58. The Balaban J connectivity index is 1.97. The molecule has 0 radical (unpaired) electrons. The minimum absolute atomic E-state index is 0.361. The molecule has 3 heteroatoms. The van der Waals surface area contributed by atoms with Crippen molar-refractivity contribution >= 4 is 15.9 Å². The van der Waals surface area contributed by atoms with Crippen LogP contribution < -0.4 is 0 Å². The highest BCUT2D eigenvalue weighted by atomic mass is 79.9. The number of aliphatic hydroxyl groups is 1. The standard InChI is InChI=1S/C12H16BrNO/c13-11-5-3-4-10(8-11)12(15)9-14-6-1-2-7-14/h3-5,8,12,15H,1-2,6-7,9H2. The molecule has 15 heavy (non-hydrogen) atoms. The second-order valence-corrected chi connectivity index (χ2v) is 4.99. The second-order valence-electron chi connectivity index (χ2n) is 4.08. The number of β-amino-alcohol motifs (C(OH)–C–C–N with tert-alkyl or cyclic N) is 1. The zero-order valence-corrected chi connectivity index (χ0v) is 10.3. The highest BCUT2D eigenvalue weighted by molar-refractivity contribution is 9.10. The largest absolute Gasteiger partial charge is 0.387 e. The van der Waals surface area contributed by atoms with Crippen LogP contribution >= 0.6 is 15.9 Å². The van der Waals surface area contributed by atoms with Crippen LogP contribution in [0.25, 0.3) is 0 Å². The van der Waals surface area contributed by atoms with Crippen molar-refractivity contribution in [2.75, 3.05) is 19.6 Å². The summed E-state index contributed by atoms with van der Waals surface area (Å²) in [5.41, 5.74) is 0.997. The molecule has 0 saturated carbocycles. The number of benzene rings is 1. The van der Waals surface area contributed by atoms with Crippen molar-refractivity contribution in [3.05, 3.63) is 34.3 Å². The quantitative estimate of drug-likeness (QED) is 0.912. The summed E-state index contributed by atoms with van der Waals surface area (Å²) in [4.78, 5) is 2.32. The fourth-order valence-electron chi connectivity index (χ4n) is 2.03. The van der Waals surface area contributed by atoms with Gasteiger partial charge < -0.3 is 10.0 Å². The van der Waals surface area contributed by atoms with Crippen molar-refractivity contribution in [3.63, 3.8) is 0 Å². The van der Waals surface area contributed by atoms with Crippen molar-refractivity contribution < 1.29 is 5.11 Å². The number of hydrogen-bond acceptors (Lipinski definition) is 2. The predicted molar refractivity (Wildman–Crippen MR) is 64.8 cm³/mol. The molecule has 1 aliphatic heterocycles. The van der Waals surface area contributed by atoms with Crippen molar-refractivity contribution in [1.82, 2.24) is 4.90 Å². The van der Waals surface area contributed by atoms with Gasteiger partial charge in [0, 0.05) is 11.0 Å². The van der Waals surface area contributed by atoms with Gasteiger partial charge in [0.05, 0.1) is 6.10 Å². The molecule has 0 aromatic heterocycles. The molecule has 1 aliphatic rings. The van der Waals surface area contributed by atoms with Crippen LogP contribution in [0.1, 0.15) is 24.5 Å². The molecule has 1 N–H and O–H groups in total. The number of aliphatic hydroxyl groups excluding tert-OH is 1. The van der Waals surface area contributed by atoms with Gasteiger partial charge in [-0.2, -0.15) is 0 Å². The SMILES string of the molecule is OC(CN1CCCC1)c1cccc(Br)c1. The molecule has 2 nitrogen and oxygen atoms in total. The third-order valence-electron chi connectivity index (χ3n) is 2.86. The second kappa shape index (κ2) is 5.10. The lowest BCUT2D eigenvalue weighted by Gasteiger charge is -2.19. The zero-order valence-electron chi connectivity index (χ0n) is 8.69. The Bertz CT molecular complexity index is 323. The van der Waals surface area contributed by atoms with E-state index in [1.54, 1.807) is 0 Å². The van der Waals surface area contributed by atoms with Gasteiger partial charge in [0.2, 0.25) is 0 Å². The van der Waals surface area contributed by atoms with E-state index in [2.05, 4.69) is 20.8 Å². The summed E-state index contributed by atoms with van der Waals surface area (Å²) in [6.07, 6.45) is 2.18. The Morgan fingerprint density at radius 1 is 1.33 bits per heavy atom. The smallest absolute Gasteiger partial charge is 0.0917 e. The van der Waals surface area contributed by atoms with Crippen molar-refractivity contribution in [3.8, 4) is 0 Å². The molecule has 0 spiro atoms. The Morgan fingerprint density at radius 3 is 2.73 bits per heavy atom. The minimum atomic E-state index is -0.361. The summed E-state index contributed by atoms with van der Waals surface area (Å²) in [6.45, 7) is 3.02. The summed E-state index contributed by atoms with van der Waals surface area (Å²) >= 11 is 3.42. The van der Waals surface area contributed by atoms with Crippen LogP contribution in [0.4, 0.5) is 0 Å². The van der Waals surface area contributed by atoms with Gasteiger partial charge in [0.1, 0.15) is 0 Å². The third kappa shape index (κ3) is 3.03. The number of hydrogen-bond donors (Lipinski definition) is 1. The maximum Gasteiger partial charge on any atom is 0.0917 e. The van der Waals surface area contributed by atoms with E-state index in [4.69, 9.17) is 0 Å². The number of likely N-dealkylation sites (tertiary alicyclic amines) is 1. The van der Waals surface area contributed by atoms with E-state index in [0.29, 0.717) is 0 Å². The van der Waals surface area contributed by atoms with E-state index in [9.17, 15) is 5.11 Å². The van der Waals surface area contributed by atoms with Gasteiger partial charge >= 0.3 is 0 Å². The van der Waals surface area contributed by atoms with Gasteiger partial charge in [-0.1, -0.05) is 28.1 Å². The highest BCUT2D eigenvalue weighted by Crippen LogP contribution is 2.20. The lowest BCUT2D eigenvalue weighted by atomic mass is 10.1. The molecule has 1 heterocycles. The number of nitrogens with zero attached hydrogens (tertiary/aromatic N) is 1. The van der Waals surface area contributed by atoms with Crippen LogP contribution in [0.2, 0.25) is 0 Å². The lowest BCUT2D eigenvalue weighted by Crippen LogP contribution is -2.25. The molecule has 0 aliphatic carbocycles. The molecular weight excluding hydrogens is 254 g/mol. The van der Waals surface area contributed by atoms with Crippen LogP contribution in [-0.4, -0.2) is 29.6 Å². The summed E-state index contributed by atoms with van der Waals surface area (Å²) < 4.78 is 1.03. The first-order valence-electron chi connectivity index (χ1n) is 5.41. The van der Waals surface area contributed by atoms with E-state index in [0.717, 1.165) is 29.7 Å². The normalized spacial score (nSPS) is 19.3. The maximum atomic E-state index is 10.0. The van der Waals surface area contributed by atoms with Crippen LogP contribution in [0.3, 0.4) is 0 Å². The maximum absolute atomic E-state index is 10.0. The summed E-state index contributed by atoms with van der Waals surface area (Å²) in [7, 11) is 0. The van der Waals surface area contributed by atoms with Crippen LogP contribution in [-0.2, 0) is 0 Å². The first kappa shape index (κ1) is 11.1. The van der Waals surface area contributed by atoms with Crippen LogP contribution in [0, 0.1) is 0 Å². The van der Waals surface area contributed by atoms with Crippen molar-refractivity contribution in [1.29, 1.82) is 0 Å². The molecule has 2 rings (SSSR count). The minimum Gasteiger partial charge on any atom is -0.387 e. The Labute approximate surface area is 99.0 Å². The van der Waals surface area contributed by atoms with E-state index in [1.165, 1.54) is 12.8 Å². The van der Waals surface area contributed by atoms with Gasteiger partial charge in [-0.15, -0.1) is 0 Å². The molecule has 0 amide bonds. The Morgan fingerprint density at radius 2 is 2.07 bits per heavy atom. The lowest BCUT2D eigenvalue weighted by molar-refractivity contribution is 0.126. The molecule has 1 unspecified atom stereocenters. The first-order valence-corrected chi connectivity index (χ1v) is 6.21. The average Bonchev–Trinajstić information content (AvgIpc) is 2.70. The molecule has 82 valence electrons. The summed E-state index contributed by atoms with van der Waals surface area (Å²) in [5, 5.41) is 10.0. The first-order chi connectivity index (χ1) is 7.25. The van der Waals surface area contributed by atoms with Crippen LogP contribution in [0.15, 0.2) is 28.7 Å².